The lowest BCUT2D eigenvalue weighted by atomic mass is 10.3. The van der Waals surface area contributed by atoms with Crippen molar-refractivity contribution in [1.82, 2.24) is 0 Å². The van der Waals surface area contributed by atoms with E-state index in [2.05, 4.69) is 26.1 Å². The molecule has 0 aromatic heterocycles. The fraction of sp³-hybridized carbons (Fsp3) is 0. The first kappa shape index (κ1) is 15.1. The highest BCUT2D eigenvalue weighted by Gasteiger charge is 2.19. The molecule has 4 N–H and O–H groups in total. The summed E-state index contributed by atoms with van der Waals surface area (Å²) in [7, 11) is -3.78. The van der Waals surface area contributed by atoms with Crippen LogP contribution in [-0.2, 0) is 10.0 Å². The summed E-state index contributed by atoms with van der Waals surface area (Å²) in [5.74, 6) is 5.32. The maximum atomic E-state index is 12.4. The van der Waals surface area contributed by atoms with Gasteiger partial charge in [-0.1, -0.05) is 29.8 Å². The number of para-hydroxylation sites is 1. The van der Waals surface area contributed by atoms with Crippen molar-refractivity contribution in [3.05, 3.63) is 52.0 Å². The van der Waals surface area contributed by atoms with Crippen molar-refractivity contribution in [3.63, 3.8) is 0 Å². The number of nitrogen functional groups attached to an aromatic ring is 1. The molecule has 0 unspecified atom stereocenters. The van der Waals surface area contributed by atoms with Gasteiger partial charge in [-0.2, -0.15) is 0 Å². The summed E-state index contributed by atoms with van der Waals surface area (Å²) < 4.78 is 27.7. The first-order valence-electron chi connectivity index (χ1n) is 5.48. The van der Waals surface area contributed by atoms with E-state index in [1.165, 1.54) is 6.07 Å². The Kier molecular flexibility index (Phi) is 4.54. The SMILES string of the molecule is NNc1ccccc1S(=O)(=O)Nc1cccc(Cl)c1Br. The van der Waals surface area contributed by atoms with Crippen molar-refractivity contribution in [1.29, 1.82) is 0 Å². The number of anilines is 2. The van der Waals surface area contributed by atoms with E-state index in [1.54, 1.807) is 36.4 Å². The molecule has 0 aliphatic heterocycles. The Morgan fingerprint density at radius 1 is 1.05 bits per heavy atom. The van der Waals surface area contributed by atoms with Gasteiger partial charge in [-0.15, -0.1) is 0 Å². The first-order valence-corrected chi connectivity index (χ1v) is 8.13. The van der Waals surface area contributed by atoms with Crippen molar-refractivity contribution in [3.8, 4) is 0 Å². The van der Waals surface area contributed by atoms with E-state index in [4.69, 9.17) is 17.4 Å². The Balaban J connectivity index is 2.44. The van der Waals surface area contributed by atoms with E-state index in [-0.39, 0.29) is 4.90 Å². The van der Waals surface area contributed by atoms with Crippen LogP contribution in [0.1, 0.15) is 0 Å². The van der Waals surface area contributed by atoms with Crippen LogP contribution in [0.25, 0.3) is 0 Å². The Labute approximate surface area is 130 Å². The Hall–Kier alpha value is -1.28. The lowest BCUT2D eigenvalue weighted by molar-refractivity contribution is 0.601. The molecule has 20 heavy (non-hydrogen) atoms. The molecule has 0 heterocycles. The van der Waals surface area contributed by atoms with Crippen molar-refractivity contribution < 1.29 is 8.42 Å². The molecule has 0 radical (unpaired) electrons. The number of nitrogens with one attached hydrogen (secondary N) is 2. The zero-order valence-corrected chi connectivity index (χ0v) is 13.3. The monoisotopic (exact) mass is 375 g/mol. The second-order valence-corrected chi connectivity index (χ2v) is 6.70. The zero-order chi connectivity index (χ0) is 14.8. The molecule has 0 saturated heterocycles. The van der Waals surface area contributed by atoms with Crippen LogP contribution in [0, 0.1) is 0 Å². The third-order valence-electron chi connectivity index (χ3n) is 2.53. The van der Waals surface area contributed by atoms with Crippen molar-refractivity contribution >= 4 is 48.9 Å². The molecule has 0 saturated carbocycles. The van der Waals surface area contributed by atoms with Gasteiger partial charge in [-0.05, 0) is 40.2 Å². The summed E-state index contributed by atoms with van der Waals surface area (Å²) >= 11 is 9.17. The molecule has 2 aromatic rings. The van der Waals surface area contributed by atoms with Gasteiger partial charge in [0.2, 0.25) is 0 Å². The number of hydrogen-bond acceptors (Lipinski definition) is 4. The lowest BCUT2D eigenvalue weighted by Gasteiger charge is -2.13. The molecule has 0 amide bonds. The number of rotatable bonds is 4. The van der Waals surface area contributed by atoms with Gasteiger partial charge in [-0.3, -0.25) is 10.6 Å². The summed E-state index contributed by atoms with van der Waals surface area (Å²) in [6.45, 7) is 0. The van der Waals surface area contributed by atoms with Gasteiger partial charge in [0.25, 0.3) is 10.0 Å². The molecular formula is C12H11BrClN3O2S. The number of halogens is 2. The number of nitrogens with two attached hydrogens (primary N) is 1. The molecule has 0 atom stereocenters. The minimum atomic E-state index is -3.78. The minimum Gasteiger partial charge on any atom is -0.323 e. The fourth-order valence-electron chi connectivity index (χ4n) is 1.60. The molecule has 0 aliphatic rings. The van der Waals surface area contributed by atoms with E-state index in [1.807, 2.05) is 0 Å². The van der Waals surface area contributed by atoms with E-state index < -0.39 is 10.0 Å². The normalized spacial score (nSPS) is 11.2. The maximum absolute atomic E-state index is 12.4. The van der Waals surface area contributed by atoms with E-state index in [9.17, 15) is 8.42 Å². The summed E-state index contributed by atoms with van der Waals surface area (Å²) in [4.78, 5) is 0.0503. The number of benzene rings is 2. The maximum Gasteiger partial charge on any atom is 0.264 e. The van der Waals surface area contributed by atoms with E-state index in [0.29, 0.717) is 20.9 Å². The second-order valence-electron chi connectivity index (χ2n) is 3.85. The fourth-order valence-corrected chi connectivity index (χ4v) is 3.52. The Morgan fingerprint density at radius 2 is 1.70 bits per heavy atom. The Morgan fingerprint density at radius 3 is 2.40 bits per heavy atom. The largest absolute Gasteiger partial charge is 0.323 e. The zero-order valence-electron chi connectivity index (χ0n) is 10.1. The molecule has 5 nitrogen and oxygen atoms in total. The topological polar surface area (TPSA) is 84.2 Å². The van der Waals surface area contributed by atoms with Crippen LogP contribution in [0.3, 0.4) is 0 Å². The van der Waals surface area contributed by atoms with Crippen LogP contribution in [0.5, 0.6) is 0 Å². The van der Waals surface area contributed by atoms with Crippen molar-refractivity contribution in [2.45, 2.75) is 4.90 Å². The molecule has 2 aromatic carbocycles. The summed E-state index contributed by atoms with van der Waals surface area (Å²) in [5, 5.41) is 0.412. The number of sulfonamides is 1. The molecule has 106 valence electrons. The van der Waals surface area contributed by atoms with Crippen LogP contribution in [-0.4, -0.2) is 8.42 Å². The van der Waals surface area contributed by atoms with E-state index >= 15 is 0 Å². The first-order chi connectivity index (χ1) is 9.45. The molecule has 8 heteroatoms. The van der Waals surface area contributed by atoms with Gasteiger partial charge in [-0.25, -0.2) is 8.42 Å². The highest BCUT2D eigenvalue weighted by Crippen LogP contribution is 2.32. The molecular weight excluding hydrogens is 366 g/mol. The molecule has 0 aliphatic carbocycles. The standard InChI is InChI=1S/C12H11BrClN3O2S/c13-12-8(14)4-3-6-10(12)17-20(18,19)11-7-2-1-5-9(11)16-15/h1-7,16-17H,15H2. The molecule has 0 bridgehead atoms. The van der Waals surface area contributed by atoms with Crippen LogP contribution < -0.4 is 16.0 Å². The van der Waals surface area contributed by atoms with Gasteiger partial charge in [0.15, 0.2) is 0 Å². The Bertz CT molecular complexity index is 737. The van der Waals surface area contributed by atoms with Gasteiger partial charge in [0.1, 0.15) is 4.90 Å². The van der Waals surface area contributed by atoms with Crippen LogP contribution in [0.15, 0.2) is 51.8 Å². The molecule has 0 spiro atoms. The van der Waals surface area contributed by atoms with Crippen LogP contribution >= 0.6 is 27.5 Å². The predicted octanol–water partition coefficient (Wildman–Crippen LogP) is 3.19. The van der Waals surface area contributed by atoms with Crippen molar-refractivity contribution in [2.24, 2.45) is 5.84 Å². The smallest absolute Gasteiger partial charge is 0.264 e. The lowest BCUT2D eigenvalue weighted by Crippen LogP contribution is -2.17. The van der Waals surface area contributed by atoms with Crippen LogP contribution in [0.2, 0.25) is 5.02 Å². The third-order valence-corrected chi connectivity index (χ3v) is 5.35. The average molecular weight is 377 g/mol. The predicted molar refractivity (Wildman–Crippen MR) is 84.2 cm³/mol. The van der Waals surface area contributed by atoms with Crippen molar-refractivity contribution in [2.75, 3.05) is 10.1 Å². The number of hydrazine groups is 1. The second kappa shape index (κ2) is 6.01. The summed E-state index contributed by atoms with van der Waals surface area (Å²) in [6, 6.07) is 11.2. The third kappa shape index (κ3) is 3.06. The highest BCUT2D eigenvalue weighted by molar-refractivity contribution is 9.10. The summed E-state index contributed by atoms with van der Waals surface area (Å²) in [5.41, 5.74) is 3.01. The van der Waals surface area contributed by atoms with E-state index in [0.717, 1.165) is 0 Å². The molecule has 0 fully saturated rings. The summed E-state index contributed by atoms with van der Waals surface area (Å²) in [6.07, 6.45) is 0. The van der Waals surface area contributed by atoms with Gasteiger partial charge in [0.05, 0.1) is 20.9 Å². The van der Waals surface area contributed by atoms with Crippen LogP contribution in [0.4, 0.5) is 11.4 Å². The van der Waals surface area contributed by atoms with Gasteiger partial charge in [0, 0.05) is 0 Å². The van der Waals surface area contributed by atoms with Gasteiger partial charge >= 0.3 is 0 Å². The minimum absolute atomic E-state index is 0.0503. The average Bonchev–Trinajstić information content (AvgIpc) is 2.43. The quantitative estimate of drug-likeness (QED) is 0.565. The number of hydrogen-bond donors (Lipinski definition) is 3. The highest BCUT2D eigenvalue weighted by atomic mass is 79.9. The van der Waals surface area contributed by atoms with Gasteiger partial charge < -0.3 is 5.43 Å². The molecule has 2 rings (SSSR count).